The Morgan fingerprint density at radius 2 is 2.00 bits per heavy atom. The molecule has 3 aromatic rings. The Labute approximate surface area is 138 Å². The molecule has 1 aliphatic heterocycles. The smallest absolute Gasteiger partial charge is 0.308 e. The monoisotopic (exact) mass is 321 g/mol. The van der Waals surface area contributed by atoms with Crippen molar-refractivity contribution in [1.82, 2.24) is 14.9 Å². The number of rotatable bonds is 2. The van der Waals surface area contributed by atoms with Crippen molar-refractivity contribution in [2.45, 2.75) is 13.5 Å². The first-order valence-electron chi connectivity index (χ1n) is 7.70. The summed E-state index contributed by atoms with van der Waals surface area (Å²) in [5.74, 6) is 0.866. The van der Waals surface area contributed by atoms with Crippen LogP contribution in [0.4, 0.5) is 0 Å². The summed E-state index contributed by atoms with van der Waals surface area (Å²) in [6, 6.07) is 12.8. The van der Waals surface area contributed by atoms with Crippen molar-refractivity contribution in [2.75, 3.05) is 6.54 Å². The summed E-state index contributed by atoms with van der Waals surface area (Å²) in [5, 5.41) is 2.90. The molecular formula is C18H15N3O3. The molecule has 0 bridgehead atoms. The van der Waals surface area contributed by atoms with Crippen LogP contribution in [-0.4, -0.2) is 28.0 Å². The number of ether oxygens (including phenoxy) is 1. The van der Waals surface area contributed by atoms with Crippen LogP contribution in [0.5, 0.6) is 5.75 Å². The average Bonchev–Trinajstić information content (AvgIpc) is 2.84. The molecular weight excluding hydrogens is 306 g/mol. The van der Waals surface area contributed by atoms with Gasteiger partial charge in [0.25, 0.3) is 5.91 Å². The molecule has 0 radical (unpaired) electrons. The van der Waals surface area contributed by atoms with Gasteiger partial charge in [-0.2, -0.15) is 0 Å². The zero-order chi connectivity index (χ0) is 16.7. The van der Waals surface area contributed by atoms with E-state index in [2.05, 4.69) is 9.88 Å². The Bertz CT molecular complexity index is 958. The summed E-state index contributed by atoms with van der Waals surface area (Å²) in [5.41, 5.74) is 3.19. The van der Waals surface area contributed by atoms with E-state index >= 15 is 0 Å². The van der Waals surface area contributed by atoms with E-state index in [1.807, 2.05) is 30.3 Å². The normalized spacial score (nSPS) is 13.5. The van der Waals surface area contributed by atoms with E-state index in [-0.39, 0.29) is 11.9 Å². The van der Waals surface area contributed by atoms with Crippen LogP contribution >= 0.6 is 0 Å². The van der Waals surface area contributed by atoms with Gasteiger partial charge in [-0.05, 0) is 36.4 Å². The predicted molar refractivity (Wildman–Crippen MR) is 88.8 cm³/mol. The number of carbonyl (C=O) groups excluding carboxylic acids is 2. The predicted octanol–water partition coefficient (Wildman–Crippen LogP) is 2.37. The van der Waals surface area contributed by atoms with E-state index in [1.54, 1.807) is 12.1 Å². The number of amides is 1. The van der Waals surface area contributed by atoms with Crippen LogP contribution in [0.3, 0.4) is 0 Å². The van der Waals surface area contributed by atoms with Crippen LogP contribution in [0.25, 0.3) is 22.4 Å². The molecule has 0 unspecified atom stereocenters. The van der Waals surface area contributed by atoms with Gasteiger partial charge in [0, 0.05) is 25.6 Å². The molecule has 0 atom stereocenters. The topological polar surface area (TPSA) is 73.2 Å². The van der Waals surface area contributed by atoms with Gasteiger partial charge in [-0.25, -0.2) is 4.98 Å². The Morgan fingerprint density at radius 1 is 1.21 bits per heavy atom. The second-order valence-electron chi connectivity index (χ2n) is 5.63. The Morgan fingerprint density at radius 3 is 2.75 bits per heavy atom. The second kappa shape index (κ2) is 5.49. The lowest BCUT2D eigenvalue weighted by Gasteiger charge is -2.08. The zero-order valence-electron chi connectivity index (χ0n) is 13.1. The first-order valence-corrected chi connectivity index (χ1v) is 7.70. The zero-order valence-corrected chi connectivity index (χ0v) is 13.1. The summed E-state index contributed by atoms with van der Waals surface area (Å²) in [7, 11) is 0. The Hall–Kier alpha value is -3.15. The number of carbonyl (C=O) groups is 2. The number of benzene rings is 2. The molecule has 0 fully saturated rings. The average molecular weight is 321 g/mol. The molecule has 1 aliphatic rings. The van der Waals surface area contributed by atoms with Gasteiger partial charge < -0.3 is 14.6 Å². The minimum atomic E-state index is -0.352. The van der Waals surface area contributed by atoms with Crippen molar-refractivity contribution >= 4 is 22.9 Å². The molecule has 1 N–H and O–H groups in total. The third kappa shape index (κ3) is 2.32. The van der Waals surface area contributed by atoms with Crippen molar-refractivity contribution in [3.63, 3.8) is 0 Å². The lowest BCUT2D eigenvalue weighted by molar-refractivity contribution is -0.131. The third-order valence-corrected chi connectivity index (χ3v) is 4.01. The number of hydrogen-bond donors (Lipinski definition) is 1. The van der Waals surface area contributed by atoms with Gasteiger partial charge in [0.05, 0.1) is 16.6 Å². The maximum atomic E-state index is 12.2. The number of imidazole rings is 1. The van der Waals surface area contributed by atoms with Gasteiger partial charge in [0.2, 0.25) is 0 Å². The van der Waals surface area contributed by atoms with E-state index in [9.17, 15) is 9.59 Å². The fourth-order valence-corrected chi connectivity index (χ4v) is 3.02. The molecule has 1 amide bonds. The highest BCUT2D eigenvalue weighted by molar-refractivity contribution is 6.06. The number of esters is 1. The van der Waals surface area contributed by atoms with Crippen molar-refractivity contribution in [3.8, 4) is 17.1 Å². The molecule has 1 aromatic heterocycles. The molecule has 120 valence electrons. The fourth-order valence-electron chi connectivity index (χ4n) is 3.02. The minimum Gasteiger partial charge on any atom is -0.427 e. The summed E-state index contributed by atoms with van der Waals surface area (Å²) in [6.07, 6.45) is 0. The maximum Gasteiger partial charge on any atom is 0.308 e. The quantitative estimate of drug-likeness (QED) is 0.581. The second-order valence-corrected chi connectivity index (χ2v) is 5.63. The van der Waals surface area contributed by atoms with Crippen LogP contribution in [0.1, 0.15) is 17.3 Å². The molecule has 4 rings (SSSR count). The molecule has 2 heterocycles. The lowest BCUT2D eigenvalue weighted by atomic mass is 10.1. The van der Waals surface area contributed by atoms with Crippen molar-refractivity contribution < 1.29 is 14.3 Å². The number of para-hydroxylation sites is 1. The Balaban J connectivity index is 1.85. The minimum absolute atomic E-state index is 0.0731. The lowest BCUT2D eigenvalue weighted by Crippen LogP contribution is -2.24. The van der Waals surface area contributed by atoms with E-state index in [4.69, 9.17) is 9.72 Å². The molecule has 0 saturated heterocycles. The summed E-state index contributed by atoms with van der Waals surface area (Å²) in [6.45, 7) is 2.58. The van der Waals surface area contributed by atoms with Gasteiger partial charge in [0.15, 0.2) is 0 Å². The van der Waals surface area contributed by atoms with Gasteiger partial charge in [-0.15, -0.1) is 0 Å². The number of aromatic nitrogens is 2. The standard InChI is InChI=1S/C18H15N3O3/c1-11(22)24-13-7-5-12(6-8-13)17-20-15-4-2-3-14-16(15)21(17)10-9-19-18(14)23/h2-8H,9-10H2,1H3,(H,19,23). The van der Waals surface area contributed by atoms with Gasteiger partial charge in [0.1, 0.15) is 11.6 Å². The van der Waals surface area contributed by atoms with E-state index < -0.39 is 0 Å². The molecule has 0 spiro atoms. The molecule has 0 saturated carbocycles. The van der Waals surface area contributed by atoms with Crippen molar-refractivity contribution in [1.29, 1.82) is 0 Å². The van der Waals surface area contributed by atoms with Crippen molar-refractivity contribution in [2.24, 2.45) is 0 Å². The van der Waals surface area contributed by atoms with Gasteiger partial charge >= 0.3 is 5.97 Å². The van der Waals surface area contributed by atoms with Crippen LogP contribution in [0, 0.1) is 0 Å². The molecule has 6 nitrogen and oxygen atoms in total. The largest absolute Gasteiger partial charge is 0.427 e. The fraction of sp³-hybridized carbons (Fsp3) is 0.167. The van der Waals surface area contributed by atoms with E-state index in [0.717, 1.165) is 22.4 Å². The molecule has 24 heavy (non-hydrogen) atoms. The summed E-state index contributed by atoms with van der Waals surface area (Å²) >= 11 is 0. The molecule has 0 aliphatic carbocycles. The third-order valence-electron chi connectivity index (χ3n) is 4.01. The molecule has 2 aromatic carbocycles. The highest BCUT2D eigenvalue weighted by Crippen LogP contribution is 2.29. The van der Waals surface area contributed by atoms with Crippen LogP contribution < -0.4 is 10.1 Å². The maximum absolute atomic E-state index is 12.2. The highest BCUT2D eigenvalue weighted by atomic mass is 16.5. The number of nitrogens with one attached hydrogen (secondary N) is 1. The number of hydrogen-bond acceptors (Lipinski definition) is 4. The van der Waals surface area contributed by atoms with Crippen LogP contribution in [0.2, 0.25) is 0 Å². The summed E-state index contributed by atoms with van der Waals surface area (Å²) in [4.78, 5) is 27.9. The van der Waals surface area contributed by atoms with Crippen molar-refractivity contribution in [3.05, 3.63) is 48.0 Å². The first kappa shape index (κ1) is 14.4. The highest BCUT2D eigenvalue weighted by Gasteiger charge is 2.21. The van der Waals surface area contributed by atoms with Crippen LogP contribution in [0.15, 0.2) is 42.5 Å². The van der Waals surface area contributed by atoms with E-state index in [0.29, 0.717) is 24.4 Å². The SMILES string of the molecule is CC(=O)Oc1ccc(-c2nc3cccc4c3n2CCNC4=O)cc1. The first-order chi connectivity index (χ1) is 11.6. The Kier molecular flexibility index (Phi) is 3.30. The van der Waals surface area contributed by atoms with Gasteiger partial charge in [-0.3, -0.25) is 9.59 Å². The van der Waals surface area contributed by atoms with Crippen LogP contribution in [-0.2, 0) is 11.3 Å². The summed E-state index contributed by atoms with van der Waals surface area (Å²) < 4.78 is 7.12. The number of nitrogens with zero attached hydrogens (tertiary/aromatic N) is 2. The van der Waals surface area contributed by atoms with E-state index in [1.165, 1.54) is 6.92 Å². The molecule has 6 heteroatoms. The van der Waals surface area contributed by atoms with Gasteiger partial charge in [-0.1, -0.05) is 6.07 Å².